The SMILES string of the molecule is CC(C)(CO)NC(C)(C)CO. The van der Waals surface area contributed by atoms with Crippen LogP contribution in [-0.2, 0) is 0 Å². The minimum absolute atomic E-state index is 0.0659. The Morgan fingerprint density at radius 3 is 1.36 bits per heavy atom. The van der Waals surface area contributed by atoms with Gasteiger partial charge in [0.2, 0.25) is 0 Å². The summed E-state index contributed by atoms with van der Waals surface area (Å²) in [7, 11) is 0. The Kier molecular flexibility index (Phi) is 3.48. The van der Waals surface area contributed by atoms with Gasteiger partial charge in [-0.15, -0.1) is 0 Å². The lowest BCUT2D eigenvalue weighted by Crippen LogP contribution is -2.55. The summed E-state index contributed by atoms with van der Waals surface area (Å²) in [4.78, 5) is 0. The van der Waals surface area contributed by atoms with Crippen molar-refractivity contribution in [2.45, 2.75) is 38.8 Å². The molecule has 0 unspecified atom stereocenters. The molecular formula is C8H19NO2. The Morgan fingerprint density at radius 2 is 1.18 bits per heavy atom. The van der Waals surface area contributed by atoms with E-state index in [1.807, 2.05) is 27.7 Å². The topological polar surface area (TPSA) is 52.5 Å². The molecule has 0 atom stereocenters. The second-order valence-electron chi connectivity index (χ2n) is 4.21. The highest BCUT2D eigenvalue weighted by molar-refractivity contribution is 4.87. The summed E-state index contributed by atoms with van der Waals surface area (Å²) in [5.74, 6) is 0. The number of rotatable bonds is 4. The van der Waals surface area contributed by atoms with Crippen LogP contribution in [0.15, 0.2) is 0 Å². The van der Waals surface area contributed by atoms with Gasteiger partial charge in [-0.3, -0.25) is 0 Å². The van der Waals surface area contributed by atoms with Crippen LogP contribution in [-0.4, -0.2) is 34.5 Å². The zero-order valence-electron chi connectivity index (χ0n) is 7.81. The van der Waals surface area contributed by atoms with Crippen LogP contribution in [0.2, 0.25) is 0 Å². The van der Waals surface area contributed by atoms with E-state index in [4.69, 9.17) is 10.2 Å². The van der Waals surface area contributed by atoms with Crippen LogP contribution in [0.25, 0.3) is 0 Å². The van der Waals surface area contributed by atoms with Crippen molar-refractivity contribution < 1.29 is 10.2 Å². The quantitative estimate of drug-likeness (QED) is 0.549. The Labute approximate surface area is 68.4 Å². The molecule has 68 valence electrons. The predicted octanol–water partition coefficient (Wildman–Crippen LogP) is 0.118. The van der Waals surface area contributed by atoms with Gasteiger partial charge in [-0.1, -0.05) is 0 Å². The van der Waals surface area contributed by atoms with Gasteiger partial charge in [-0.2, -0.15) is 0 Å². The number of nitrogens with one attached hydrogen (secondary N) is 1. The average molecular weight is 161 g/mol. The molecule has 0 fully saturated rings. The van der Waals surface area contributed by atoms with Crippen molar-refractivity contribution in [3.63, 3.8) is 0 Å². The maximum Gasteiger partial charge on any atom is 0.0608 e. The molecule has 11 heavy (non-hydrogen) atoms. The molecule has 0 rings (SSSR count). The fourth-order valence-electron chi connectivity index (χ4n) is 0.995. The Balaban J connectivity index is 4.02. The molecule has 0 saturated heterocycles. The van der Waals surface area contributed by atoms with Gasteiger partial charge in [-0.25, -0.2) is 0 Å². The van der Waals surface area contributed by atoms with E-state index >= 15 is 0 Å². The van der Waals surface area contributed by atoms with E-state index in [1.54, 1.807) is 0 Å². The van der Waals surface area contributed by atoms with Crippen molar-refractivity contribution in [2.75, 3.05) is 13.2 Å². The zero-order valence-corrected chi connectivity index (χ0v) is 7.81. The van der Waals surface area contributed by atoms with Gasteiger partial charge in [0.25, 0.3) is 0 Å². The third kappa shape index (κ3) is 4.35. The van der Waals surface area contributed by atoms with E-state index in [-0.39, 0.29) is 24.3 Å². The third-order valence-corrected chi connectivity index (χ3v) is 1.47. The van der Waals surface area contributed by atoms with Crippen LogP contribution in [0.1, 0.15) is 27.7 Å². The van der Waals surface area contributed by atoms with Gasteiger partial charge in [0.05, 0.1) is 13.2 Å². The normalized spacial score (nSPS) is 13.6. The monoisotopic (exact) mass is 161 g/mol. The first kappa shape index (κ1) is 10.9. The highest BCUT2D eigenvalue weighted by Gasteiger charge is 2.25. The molecule has 0 saturated carbocycles. The van der Waals surface area contributed by atoms with Crippen LogP contribution in [0.5, 0.6) is 0 Å². The van der Waals surface area contributed by atoms with Crippen molar-refractivity contribution >= 4 is 0 Å². The molecule has 0 spiro atoms. The summed E-state index contributed by atoms with van der Waals surface area (Å²) in [6, 6.07) is 0. The van der Waals surface area contributed by atoms with Crippen LogP contribution in [0.3, 0.4) is 0 Å². The van der Waals surface area contributed by atoms with Gasteiger partial charge in [-0.05, 0) is 27.7 Å². The van der Waals surface area contributed by atoms with Crippen molar-refractivity contribution in [1.29, 1.82) is 0 Å². The smallest absolute Gasteiger partial charge is 0.0608 e. The number of aliphatic hydroxyl groups is 2. The zero-order chi connectivity index (χ0) is 9.12. The summed E-state index contributed by atoms with van der Waals surface area (Å²) in [6.45, 7) is 7.70. The van der Waals surface area contributed by atoms with E-state index in [9.17, 15) is 0 Å². The van der Waals surface area contributed by atoms with E-state index in [2.05, 4.69) is 5.32 Å². The maximum absolute atomic E-state index is 8.91. The van der Waals surface area contributed by atoms with Crippen LogP contribution in [0, 0.1) is 0 Å². The molecule has 0 aromatic heterocycles. The van der Waals surface area contributed by atoms with E-state index in [0.29, 0.717) is 0 Å². The molecule has 3 nitrogen and oxygen atoms in total. The second kappa shape index (κ2) is 3.52. The first-order valence-electron chi connectivity index (χ1n) is 3.84. The minimum Gasteiger partial charge on any atom is -0.394 e. The molecule has 0 aromatic rings. The van der Waals surface area contributed by atoms with Gasteiger partial charge in [0.15, 0.2) is 0 Å². The maximum atomic E-state index is 8.91. The first-order valence-corrected chi connectivity index (χ1v) is 3.84. The molecule has 3 N–H and O–H groups in total. The summed E-state index contributed by atoms with van der Waals surface area (Å²) in [5.41, 5.74) is -0.654. The van der Waals surface area contributed by atoms with Crippen LogP contribution in [0.4, 0.5) is 0 Å². The lowest BCUT2D eigenvalue weighted by molar-refractivity contribution is 0.114. The van der Waals surface area contributed by atoms with Crippen molar-refractivity contribution in [3.05, 3.63) is 0 Å². The predicted molar refractivity (Wildman–Crippen MR) is 45.5 cm³/mol. The fourth-order valence-corrected chi connectivity index (χ4v) is 0.995. The second-order valence-corrected chi connectivity index (χ2v) is 4.21. The molecule has 0 bridgehead atoms. The van der Waals surface area contributed by atoms with Gasteiger partial charge in [0.1, 0.15) is 0 Å². The Bertz CT molecular complexity index is 107. The summed E-state index contributed by atoms with van der Waals surface area (Å²) < 4.78 is 0. The van der Waals surface area contributed by atoms with Gasteiger partial charge in [0, 0.05) is 11.1 Å². The Hall–Kier alpha value is -0.120. The molecule has 0 aliphatic carbocycles. The van der Waals surface area contributed by atoms with E-state index in [0.717, 1.165) is 0 Å². The molecule has 0 amide bonds. The van der Waals surface area contributed by atoms with Crippen LogP contribution < -0.4 is 5.32 Å². The Morgan fingerprint density at radius 1 is 0.909 bits per heavy atom. The fraction of sp³-hybridized carbons (Fsp3) is 1.00. The number of hydrogen-bond donors (Lipinski definition) is 3. The number of hydrogen-bond acceptors (Lipinski definition) is 3. The van der Waals surface area contributed by atoms with Crippen molar-refractivity contribution in [1.82, 2.24) is 5.32 Å². The van der Waals surface area contributed by atoms with Crippen molar-refractivity contribution in [2.24, 2.45) is 0 Å². The van der Waals surface area contributed by atoms with E-state index < -0.39 is 0 Å². The van der Waals surface area contributed by atoms with Crippen LogP contribution >= 0.6 is 0 Å². The standard InChI is InChI=1S/C8H19NO2/c1-7(2,5-10)9-8(3,4)6-11/h9-11H,5-6H2,1-4H3. The van der Waals surface area contributed by atoms with Gasteiger partial charge < -0.3 is 15.5 Å². The average Bonchev–Trinajstić information content (AvgIpc) is 1.86. The largest absolute Gasteiger partial charge is 0.394 e. The van der Waals surface area contributed by atoms with E-state index in [1.165, 1.54) is 0 Å². The number of aliphatic hydroxyl groups excluding tert-OH is 2. The summed E-state index contributed by atoms with van der Waals surface area (Å²) in [5, 5.41) is 20.9. The third-order valence-electron chi connectivity index (χ3n) is 1.47. The molecule has 0 heterocycles. The highest BCUT2D eigenvalue weighted by atomic mass is 16.3. The molecular weight excluding hydrogens is 142 g/mol. The lowest BCUT2D eigenvalue weighted by atomic mass is 9.99. The molecule has 0 radical (unpaired) electrons. The molecule has 3 heteroatoms. The van der Waals surface area contributed by atoms with Gasteiger partial charge >= 0.3 is 0 Å². The summed E-state index contributed by atoms with van der Waals surface area (Å²) >= 11 is 0. The highest BCUT2D eigenvalue weighted by Crippen LogP contribution is 2.09. The molecule has 0 aromatic carbocycles. The molecule has 0 aliphatic heterocycles. The lowest BCUT2D eigenvalue weighted by Gasteiger charge is -2.34. The van der Waals surface area contributed by atoms with Crippen molar-refractivity contribution in [3.8, 4) is 0 Å². The summed E-state index contributed by atoms with van der Waals surface area (Å²) in [6.07, 6.45) is 0. The first-order chi connectivity index (χ1) is 4.83. The minimum atomic E-state index is -0.327. The molecule has 0 aliphatic rings.